The van der Waals surface area contributed by atoms with Crippen LogP contribution in [-0.2, 0) is 11.2 Å². The maximum atomic E-state index is 12.8. The van der Waals surface area contributed by atoms with Crippen LogP contribution in [0, 0.1) is 5.82 Å². The van der Waals surface area contributed by atoms with Crippen LogP contribution in [-0.4, -0.2) is 11.0 Å². The van der Waals surface area contributed by atoms with Crippen LogP contribution in [0.3, 0.4) is 0 Å². The standard InChI is InChI=1S/C15H10FNO3/c16-11-3-1-10(2-4-11)7-15(18)20-12-5-6-14-13(8-12)17-9-19-14/h1-6,8-9H,7H2. The van der Waals surface area contributed by atoms with E-state index in [1.54, 1.807) is 30.3 Å². The van der Waals surface area contributed by atoms with Crippen LogP contribution in [0.2, 0.25) is 0 Å². The largest absolute Gasteiger partial charge is 0.443 e. The number of aromatic nitrogens is 1. The Labute approximate surface area is 113 Å². The van der Waals surface area contributed by atoms with Crippen LogP contribution in [0.5, 0.6) is 5.75 Å². The van der Waals surface area contributed by atoms with Gasteiger partial charge in [-0.15, -0.1) is 0 Å². The quantitative estimate of drug-likeness (QED) is 0.542. The van der Waals surface area contributed by atoms with E-state index >= 15 is 0 Å². The number of hydrogen-bond donors (Lipinski definition) is 0. The van der Waals surface area contributed by atoms with Gasteiger partial charge in [0, 0.05) is 6.07 Å². The average Bonchev–Trinajstić information content (AvgIpc) is 2.89. The van der Waals surface area contributed by atoms with Gasteiger partial charge in [-0.1, -0.05) is 12.1 Å². The molecule has 0 bridgehead atoms. The molecule has 5 heteroatoms. The van der Waals surface area contributed by atoms with E-state index in [0.717, 1.165) is 0 Å². The van der Waals surface area contributed by atoms with E-state index in [-0.39, 0.29) is 12.2 Å². The minimum Gasteiger partial charge on any atom is -0.443 e. The molecular weight excluding hydrogens is 261 g/mol. The molecule has 0 aliphatic carbocycles. The number of carbonyl (C=O) groups excluding carboxylic acids is 1. The minimum atomic E-state index is -0.417. The summed E-state index contributed by atoms with van der Waals surface area (Å²) in [5, 5.41) is 0. The molecule has 0 aliphatic rings. The second kappa shape index (κ2) is 5.13. The van der Waals surface area contributed by atoms with Crippen LogP contribution >= 0.6 is 0 Å². The summed E-state index contributed by atoms with van der Waals surface area (Å²) in [4.78, 5) is 15.8. The van der Waals surface area contributed by atoms with Crippen molar-refractivity contribution in [3.63, 3.8) is 0 Å². The monoisotopic (exact) mass is 271 g/mol. The summed E-state index contributed by atoms with van der Waals surface area (Å²) in [7, 11) is 0. The molecule has 3 rings (SSSR count). The number of ether oxygens (including phenoxy) is 1. The van der Waals surface area contributed by atoms with Crippen molar-refractivity contribution < 1.29 is 18.3 Å². The molecule has 0 spiro atoms. The Bertz CT molecular complexity index is 749. The van der Waals surface area contributed by atoms with Gasteiger partial charge in [0.1, 0.15) is 17.1 Å². The van der Waals surface area contributed by atoms with Gasteiger partial charge in [-0.3, -0.25) is 4.79 Å². The third-order valence-electron chi connectivity index (χ3n) is 2.80. The second-order valence-electron chi connectivity index (χ2n) is 4.26. The summed E-state index contributed by atoms with van der Waals surface area (Å²) in [6, 6.07) is 10.7. The first-order chi connectivity index (χ1) is 9.70. The number of carbonyl (C=O) groups is 1. The summed E-state index contributed by atoms with van der Waals surface area (Å²) in [5.74, 6) is -0.350. The van der Waals surface area contributed by atoms with Gasteiger partial charge in [0.15, 0.2) is 12.0 Å². The van der Waals surface area contributed by atoms with Crippen molar-refractivity contribution in [3.8, 4) is 5.75 Å². The molecule has 2 aromatic carbocycles. The Kier molecular flexibility index (Phi) is 3.16. The fourth-order valence-corrected chi connectivity index (χ4v) is 1.84. The summed E-state index contributed by atoms with van der Waals surface area (Å²) in [5.41, 5.74) is 1.94. The van der Waals surface area contributed by atoms with E-state index in [1.165, 1.54) is 18.5 Å². The lowest BCUT2D eigenvalue weighted by molar-refractivity contribution is -0.133. The zero-order valence-electron chi connectivity index (χ0n) is 10.4. The lowest BCUT2D eigenvalue weighted by Crippen LogP contribution is -2.11. The van der Waals surface area contributed by atoms with Crippen molar-refractivity contribution in [1.82, 2.24) is 4.98 Å². The van der Waals surface area contributed by atoms with Crippen molar-refractivity contribution in [1.29, 1.82) is 0 Å². The van der Waals surface area contributed by atoms with E-state index < -0.39 is 5.97 Å². The Morgan fingerprint density at radius 1 is 1.20 bits per heavy atom. The molecule has 4 nitrogen and oxygen atoms in total. The summed E-state index contributed by atoms with van der Waals surface area (Å²) >= 11 is 0. The molecule has 1 aromatic heterocycles. The predicted octanol–water partition coefficient (Wildman–Crippen LogP) is 3.12. The molecule has 0 aliphatic heterocycles. The first-order valence-corrected chi connectivity index (χ1v) is 5.99. The van der Waals surface area contributed by atoms with Gasteiger partial charge in [-0.25, -0.2) is 9.37 Å². The summed E-state index contributed by atoms with van der Waals surface area (Å²) < 4.78 is 23.1. The number of nitrogens with zero attached hydrogens (tertiary/aromatic N) is 1. The van der Waals surface area contributed by atoms with Gasteiger partial charge in [0.05, 0.1) is 6.42 Å². The number of oxazole rings is 1. The van der Waals surface area contributed by atoms with E-state index in [1.807, 2.05) is 0 Å². The number of fused-ring (bicyclic) bond motifs is 1. The number of hydrogen-bond acceptors (Lipinski definition) is 4. The zero-order valence-corrected chi connectivity index (χ0v) is 10.4. The van der Waals surface area contributed by atoms with Gasteiger partial charge < -0.3 is 9.15 Å². The summed E-state index contributed by atoms with van der Waals surface area (Å²) in [6.07, 6.45) is 1.41. The number of rotatable bonds is 3. The Hall–Kier alpha value is -2.69. The topological polar surface area (TPSA) is 52.3 Å². The van der Waals surface area contributed by atoms with Crippen LogP contribution in [0.1, 0.15) is 5.56 Å². The van der Waals surface area contributed by atoms with E-state index in [0.29, 0.717) is 22.4 Å². The lowest BCUT2D eigenvalue weighted by Gasteiger charge is -2.04. The molecule has 3 aromatic rings. The minimum absolute atomic E-state index is 0.0805. The van der Waals surface area contributed by atoms with Gasteiger partial charge >= 0.3 is 5.97 Å². The van der Waals surface area contributed by atoms with E-state index in [2.05, 4.69) is 4.98 Å². The van der Waals surface area contributed by atoms with Gasteiger partial charge in [0.25, 0.3) is 0 Å². The van der Waals surface area contributed by atoms with E-state index in [4.69, 9.17) is 9.15 Å². The van der Waals surface area contributed by atoms with Crippen molar-refractivity contribution in [3.05, 3.63) is 60.2 Å². The van der Waals surface area contributed by atoms with Crippen molar-refractivity contribution in [2.24, 2.45) is 0 Å². The normalized spacial score (nSPS) is 10.7. The fourth-order valence-electron chi connectivity index (χ4n) is 1.84. The highest BCUT2D eigenvalue weighted by molar-refractivity contribution is 5.78. The molecule has 0 unspecified atom stereocenters. The van der Waals surface area contributed by atoms with Crippen molar-refractivity contribution in [2.45, 2.75) is 6.42 Å². The molecular formula is C15H10FNO3. The molecule has 1 heterocycles. The lowest BCUT2D eigenvalue weighted by atomic mass is 10.1. The van der Waals surface area contributed by atoms with Gasteiger partial charge in [-0.05, 0) is 29.8 Å². The second-order valence-corrected chi connectivity index (χ2v) is 4.26. The molecule has 0 radical (unpaired) electrons. The first kappa shape index (κ1) is 12.3. The van der Waals surface area contributed by atoms with Crippen molar-refractivity contribution in [2.75, 3.05) is 0 Å². The molecule has 100 valence electrons. The Morgan fingerprint density at radius 3 is 2.80 bits per heavy atom. The predicted molar refractivity (Wildman–Crippen MR) is 69.7 cm³/mol. The third-order valence-corrected chi connectivity index (χ3v) is 2.80. The Balaban J connectivity index is 1.70. The van der Waals surface area contributed by atoms with Crippen LogP contribution in [0.25, 0.3) is 11.1 Å². The highest BCUT2D eigenvalue weighted by atomic mass is 19.1. The smallest absolute Gasteiger partial charge is 0.315 e. The molecule has 0 N–H and O–H groups in total. The van der Waals surface area contributed by atoms with Gasteiger partial charge in [-0.2, -0.15) is 0 Å². The molecule has 0 amide bonds. The number of esters is 1. The van der Waals surface area contributed by atoms with Crippen molar-refractivity contribution >= 4 is 17.1 Å². The highest BCUT2D eigenvalue weighted by Gasteiger charge is 2.08. The summed E-state index contributed by atoms with van der Waals surface area (Å²) in [6.45, 7) is 0. The van der Waals surface area contributed by atoms with Crippen LogP contribution in [0.15, 0.2) is 53.3 Å². The molecule has 0 fully saturated rings. The molecule has 0 atom stereocenters. The average molecular weight is 271 g/mol. The maximum absolute atomic E-state index is 12.8. The molecule has 20 heavy (non-hydrogen) atoms. The fraction of sp³-hybridized carbons (Fsp3) is 0.0667. The third kappa shape index (κ3) is 2.66. The molecule has 0 saturated carbocycles. The zero-order chi connectivity index (χ0) is 13.9. The first-order valence-electron chi connectivity index (χ1n) is 5.99. The maximum Gasteiger partial charge on any atom is 0.315 e. The Morgan fingerprint density at radius 2 is 2.00 bits per heavy atom. The van der Waals surface area contributed by atoms with Crippen LogP contribution < -0.4 is 4.74 Å². The highest BCUT2D eigenvalue weighted by Crippen LogP contribution is 2.20. The van der Waals surface area contributed by atoms with E-state index in [9.17, 15) is 9.18 Å². The number of benzene rings is 2. The number of halogens is 1. The van der Waals surface area contributed by atoms with Gasteiger partial charge in [0.2, 0.25) is 0 Å². The van der Waals surface area contributed by atoms with Crippen LogP contribution in [0.4, 0.5) is 4.39 Å². The SMILES string of the molecule is O=C(Cc1ccc(F)cc1)Oc1ccc2ocnc2c1. The molecule has 0 saturated heterocycles.